The fourth-order valence-corrected chi connectivity index (χ4v) is 3.89. The van der Waals surface area contributed by atoms with E-state index in [1.54, 1.807) is 18.2 Å². The van der Waals surface area contributed by atoms with Crippen LogP contribution < -0.4 is 4.72 Å². The first-order valence-corrected chi connectivity index (χ1v) is 8.85. The number of aryl methyl sites for hydroxylation is 1. The maximum Gasteiger partial charge on any atom is 0.240 e. The number of sulfonamides is 1. The molecule has 0 aromatic heterocycles. The smallest absolute Gasteiger partial charge is 0.240 e. The van der Waals surface area contributed by atoms with Gasteiger partial charge in [-0.2, -0.15) is 0 Å². The van der Waals surface area contributed by atoms with Crippen LogP contribution in [0.3, 0.4) is 0 Å². The van der Waals surface area contributed by atoms with Crippen molar-refractivity contribution in [2.24, 2.45) is 0 Å². The summed E-state index contributed by atoms with van der Waals surface area (Å²) in [5.41, 5.74) is 1.64. The lowest BCUT2D eigenvalue weighted by atomic mass is 9.90. The molecule has 1 fully saturated rings. The molecular formula is C15H23NO4S. The first kappa shape index (κ1) is 16.4. The van der Waals surface area contributed by atoms with Crippen molar-refractivity contribution in [2.45, 2.75) is 56.8 Å². The topological polar surface area (TPSA) is 75.6 Å². The van der Waals surface area contributed by atoms with Crippen LogP contribution in [0.2, 0.25) is 0 Å². The van der Waals surface area contributed by atoms with Crippen molar-refractivity contribution >= 4 is 10.0 Å². The first-order chi connectivity index (χ1) is 10.00. The van der Waals surface area contributed by atoms with Gasteiger partial charge in [0.05, 0.1) is 17.6 Å². The summed E-state index contributed by atoms with van der Waals surface area (Å²) in [6.45, 7) is 4.41. The number of hydrogen-bond acceptors (Lipinski definition) is 4. The van der Waals surface area contributed by atoms with E-state index in [1.807, 2.05) is 13.8 Å². The highest BCUT2D eigenvalue weighted by Crippen LogP contribution is 2.25. The molecule has 0 radical (unpaired) electrons. The van der Waals surface area contributed by atoms with Crippen molar-refractivity contribution in [1.82, 2.24) is 4.72 Å². The third kappa shape index (κ3) is 3.83. The predicted octanol–water partition coefficient (Wildman–Crippen LogP) is 1.59. The van der Waals surface area contributed by atoms with Gasteiger partial charge in [-0.15, -0.1) is 0 Å². The normalized spacial score (nSPS) is 22.0. The summed E-state index contributed by atoms with van der Waals surface area (Å²) in [6.07, 6.45) is 2.36. The number of benzene rings is 1. The number of ether oxygens (including phenoxy) is 1. The van der Waals surface area contributed by atoms with Gasteiger partial charge in [0.2, 0.25) is 10.0 Å². The highest BCUT2D eigenvalue weighted by Gasteiger charge is 2.33. The first-order valence-electron chi connectivity index (χ1n) is 7.36. The van der Waals surface area contributed by atoms with Crippen LogP contribution in [0.4, 0.5) is 0 Å². The molecule has 1 aromatic rings. The van der Waals surface area contributed by atoms with E-state index >= 15 is 0 Å². The monoisotopic (exact) mass is 313 g/mol. The summed E-state index contributed by atoms with van der Waals surface area (Å²) in [7, 11) is -3.53. The molecule has 0 unspecified atom stereocenters. The Hall–Kier alpha value is -0.950. The van der Waals surface area contributed by atoms with Crippen LogP contribution >= 0.6 is 0 Å². The molecule has 2 rings (SSSR count). The van der Waals surface area contributed by atoms with Gasteiger partial charge in [-0.1, -0.05) is 13.0 Å². The Morgan fingerprint density at radius 2 is 2.00 bits per heavy atom. The summed E-state index contributed by atoms with van der Waals surface area (Å²) in [5, 5.41) is 9.34. The molecule has 21 heavy (non-hydrogen) atoms. The average molecular weight is 313 g/mol. The fourth-order valence-electron chi connectivity index (χ4n) is 2.58. The van der Waals surface area contributed by atoms with Crippen molar-refractivity contribution in [1.29, 1.82) is 0 Å². The van der Waals surface area contributed by atoms with Crippen LogP contribution in [-0.4, -0.2) is 32.3 Å². The minimum atomic E-state index is -3.53. The lowest BCUT2D eigenvalue weighted by Crippen LogP contribution is -2.47. The third-order valence-corrected chi connectivity index (χ3v) is 5.38. The maximum absolute atomic E-state index is 12.3. The number of nitrogens with one attached hydrogen (secondary N) is 1. The number of aliphatic hydroxyl groups is 1. The average Bonchev–Trinajstić information content (AvgIpc) is 2.44. The highest BCUT2D eigenvalue weighted by molar-refractivity contribution is 7.89. The Morgan fingerprint density at radius 3 is 2.57 bits per heavy atom. The number of rotatable bonds is 7. The van der Waals surface area contributed by atoms with Crippen molar-refractivity contribution in [3.05, 3.63) is 29.3 Å². The van der Waals surface area contributed by atoms with Gasteiger partial charge < -0.3 is 9.84 Å². The molecule has 2 N–H and O–H groups in total. The van der Waals surface area contributed by atoms with Crippen LogP contribution in [-0.2, 0) is 27.8 Å². The van der Waals surface area contributed by atoms with Crippen molar-refractivity contribution in [3.8, 4) is 0 Å². The minimum Gasteiger partial charge on any atom is -0.392 e. The van der Waals surface area contributed by atoms with Crippen LogP contribution in [0.25, 0.3) is 0 Å². The zero-order valence-corrected chi connectivity index (χ0v) is 13.3. The van der Waals surface area contributed by atoms with Gasteiger partial charge in [-0.3, -0.25) is 0 Å². The number of aliphatic hydroxyl groups excluding tert-OH is 1. The molecule has 0 spiro atoms. The lowest BCUT2D eigenvalue weighted by molar-refractivity contribution is -0.00475. The van der Waals surface area contributed by atoms with Crippen molar-refractivity contribution in [2.75, 3.05) is 6.61 Å². The summed E-state index contributed by atoms with van der Waals surface area (Å²) >= 11 is 0. The highest BCUT2D eigenvalue weighted by atomic mass is 32.2. The van der Waals surface area contributed by atoms with Gasteiger partial charge in [-0.25, -0.2) is 13.1 Å². The summed E-state index contributed by atoms with van der Waals surface area (Å²) in [5.74, 6) is 0. The van der Waals surface area contributed by atoms with Gasteiger partial charge in [-0.05, 0) is 49.4 Å². The van der Waals surface area contributed by atoms with E-state index < -0.39 is 10.0 Å². The van der Waals surface area contributed by atoms with Gasteiger partial charge in [0, 0.05) is 12.6 Å². The van der Waals surface area contributed by atoms with Gasteiger partial charge in [0.15, 0.2) is 0 Å². The molecule has 5 nitrogen and oxygen atoms in total. The quantitative estimate of drug-likeness (QED) is 0.801. The maximum atomic E-state index is 12.3. The van der Waals surface area contributed by atoms with E-state index in [4.69, 9.17) is 4.74 Å². The Kier molecular flexibility index (Phi) is 5.37. The molecule has 1 aliphatic rings. The Bertz CT molecular complexity index is 579. The van der Waals surface area contributed by atoms with Crippen LogP contribution in [0.15, 0.2) is 23.1 Å². The second-order valence-corrected chi connectivity index (χ2v) is 7.02. The molecule has 0 saturated heterocycles. The standard InChI is InChI=1S/C15H23NO4S/c1-3-11-5-6-15(7-12(11)10-17)21(18,19)16-13-8-14(9-13)20-4-2/h5-7,13-14,16-17H,3-4,8-10H2,1-2H3. The largest absolute Gasteiger partial charge is 0.392 e. The summed E-state index contributed by atoms with van der Waals surface area (Å²) in [4.78, 5) is 0.212. The fraction of sp³-hybridized carbons (Fsp3) is 0.600. The van der Waals surface area contributed by atoms with Crippen LogP contribution in [0.5, 0.6) is 0 Å². The molecule has 1 aromatic carbocycles. The second-order valence-electron chi connectivity index (χ2n) is 5.31. The molecule has 1 saturated carbocycles. The predicted molar refractivity (Wildman–Crippen MR) is 80.5 cm³/mol. The minimum absolute atomic E-state index is 0.0602. The second kappa shape index (κ2) is 6.87. The third-order valence-electron chi connectivity index (χ3n) is 3.86. The van der Waals surface area contributed by atoms with Gasteiger partial charge >= 0.3 is 0 Å². The lowest BCUT2D eigenvalue weighted by Gasteiger charge is -2.35. The van der Waals surface area contributed by atoms with Crippen molar-refractivity contribution < 1.29 is 18.3 Å². The number of hydrogen-bond donors (Lipinski definition) is 2. The molecule has 118 valence electrons. The Labute approximate surface area is 126 Å². The van der Waals surface area contributed by atoms with E-state index in [9.17, 15) is 13.5 Å². The molecular weight excluding hydrogens is 290 g/mol. The summed E-state index contributed by atoms with van der Waals surface area (Å²) in [6, 6.07) is 4.86. The van der Waals surface area contributed by atoms with E-state index in [0.29, 0.717) is 25.0 Å². The molecule has 1 aliphatic carbocycles. The van der Waals surface area contributed by atoms with Gasteiger partial charge in [0.1, 0.15) is 0 Å². The Balaban J connectivity index is 2.06. The molecule has 0 aliphatic heterocycles. The molecule has 0 amide bonds. The van der Waals surface area contributed by atoms with E-state index in [2.05, 4.69) is 4.72 Å². The summed E-state index contributed by atoms with van der Waals surface area (Å²) < 4.78 is 32.8. The molecule has 0 bridgehead atoms. The zero-order valence-electron chi connectivity index (χ0n) is 12.5. The van der Waals surface area contributed by atoms with Crippen LogP contribution in [0.1, 0.15) is 37.8 Å². The zero-order chi connectivity index (χ0) is 15.5. The van der Waals surface area contributed by atoms with Crippen molar-refractivity contribution in [3.63, 3.8) is 0 Å². The SMILES string of the molecule is CCOC1CC(NS(=O)(=O)c2ccc(CC)c(CO)c2)C1. The Morgan fingerprint density at radius 1 is 1.29 bits per heavy atom. The molecule has 6 heteroatoms. The van der Waals surface area contributed by atoms with E-state index in [-0.39, 0.29) is 23.6 Å². The van der Waals surface area contributed by atoms with Gasteiger partial charge in [0.25, 0.3) is 0 Å². The van der Waals surface area contributed by atoms with E-state index in [1.165, 1.54) is 0 Å². The molecule has 0 atom stereocenters. The van der Waals surface area contributed by atoms with Crippen LogP contribution in [0, 0.1) is 0 Å². The molecule has 0 heterocycles. The van der Waals surface area contributed by atoms with E-state index in [0.717, 1.165) is 12.0 Å².